The fourth-order valence-corrected chi connectivity index (χ4v) is 1.41. The lowest BCUT2D eigenvalue weighted by Crippen LogP contribution is -2.00. The molecular weight excluding hydrogens is 176 g/mol. The second kappa shape index (κ2) is 2.90. The molecule has 0 aliphatic rings. The van der Waals surface area contributed by atoms with Crippen LogP contribution in [-0.2, 0) is 0 Å². The van der Waals surface area contributed by atoms with Gasteiger partial charge in [-0.2, -0.15) is 5.10 Å². The van der Waals surface area contributed by atoms with E-state index in [0.717, 1.165) is 27.9 Å². The maximum absolute atomic E-state index is 5.78. The third-order valence-electron chi connectivity index (χ3n) is 2.44. The molecule has 0 spiro atoms. The van der Waals surface area contributed by atoms with Crippen molar-refractivity contribution in [1.82, 2.24) is 15.2 Å². The third-order valence-corrected chi connectivity index (χ3v) is 2.44. The summed E-state index contributed by atoms with van der Waals surface area (Å²) in [5.41, 5.74) is 10.3. The highest BCUT2D eigenvalue weighted by Crippen LogP contribution is 2.21. The summed E-state index contributed by atoms with van der Waals surface area (Å²) in [4.78, 5) is 4.27. The minimum Gasteiger partial charge on any atom is -0.383 e. The van der Waals surface area contributed by atoms with Crippen LogP contribution in [0, 0.1) is 20.8 Å². The summed E-state index contributed by atoms with van der Waals surface area (Å²) in [6, 6.07) is 1.89. The average molecular weight is 188 g/mol. The number of nitrogens with zero attached hydrogens (tertiary/aromatic N) is 3. The van der Waals surface area contributed by atoms with E-state index in [-0.39, 0.29) is 0 Å². The lowest BCUT2D eigenvalue weighted by Gasteiger charge is -2.06. The van der Waals surface area contributed by atoms with Gasteiger partial charge in [0.25, 0.3) is 0 Å². The van der Waals surface area contributed by atoms with Crippen LogP contribution in [0.3, 0.4) is 0 Å². The number of anilines is 1. The predicted octanol–water partition coefficient (Wildman–Crippen LogP) is 1.53. The number of aromatic nitrogens is 3. The van der Waals surface area contributed by atoms with E-state index >= 15 is 0 Å². The highest BCUT2D eigenvalue weighted by atomic mass is 15.1. The third kappa shape index (κ3) is 1.19. The molecule has 72 valence electrons. The largest absolute Gasteiger partial charge is 0.383 e. The van der Waals surface area contributed by atoms with Crippen molar-refractivity contribution in [1.29, 1.82) is 0 Å². The van der Waals surface area contributed by atoms with Crippen molar-refractivity contribution in [2.45, 2.75) is 20.8 Å². The van der Waals surface area contributed by atoms with E-state index in [4.69, 9.17) is 5.73 Å². The van der Waals surface area contributed by atoms with Gasteiger partial charge in [0, 0.05) is 0 Å². The standard InChI is InChI=1S/C10H12N4/c1-5-4-8-9(14-13-5)6(2)7(3)10(11)12-8/h4H,1-3H3,(H2,11,12). The van der Waals surface area contributed by atoms with Crippen molar-refractivity contribution in [2.75, 3.05) is 5.73 Å². The number of pyridine rings is 1. The number of nitrogen functional groups attached to an aromatic ring is 1. The normalized spacial score (nSPS) is 10.8. The zero-order valence-electron chi connectivity index (χ0n) is 8.50. The van der Waals surface area contributed by atoms with Crippen LogP contribution in [0.2, 0.25) is 0 Å². The number of rotatable bonds is 0. The zero-order valence-corrected chi connectivity index (χ0v) is 8.50. The van der Waals surface area contributed by atoms with Crippen molar-refractivity contribution in [2.24, 2.45) is 0 Å². The molecule has 2 aromatic heterocycles. The monoisotopic (exact) mass is 188 g/mol. The van der Waals surface area contributed by atoms with E-state index in [2.05, 4.69) is 15.2 Å². The number of aryl methyl sites for hydroxylation is 2. The van der Waals surface area contributed by atoms with E-state index in [1.165, 1.54) is 0 Å². The Balaban J connectivity index is 2.91. The van der Waals surface area contributed by atoms with Gasteiger partial charge >= 0.3 is 0 Å². The molecule has 4 nitrogen and oxygen atoms in total. The van der Waals surface area contributed by atoms with Crippen LogP contribution in [0.5, 0.6) is 0 Å². The van der Waals surface area contributed by atoms with Crippen molar-refractivity contribution >= 4 is 16.9 Å². The van der Waals surface area contributed by atoms with E-state index < -0.39 is 0 Å². The molecule has 0 unspecified atom stereocenters. The fourth-order valence-electron chi connectivity index (χ4n) is 1.41. The van der Waals surface area contributed by atoms with Crippen LogP contribution >= 0.6 is 0 Å². The molecule has 0 bridgehead atoms. The van der Waals surface area contributed by atoms with Crippen LogP contribution < -0.4 is 5.73 Å². The average Bonchev–Trinajstić information content (AvgIpc) is 2.14. The Morgan fingerprint density at radius 3 is 2.50 bits per heavy atom. The Morgan fingerprint density at radius 1 is 1.07 bits per heavy atom. The van der Waals surface area contributed by atoms with Gasteiger partial charge in [0.05, 0.1) is 11.2 Å². The van der Waals surface area contributed by atoms with Crippen molar-refractivity contribution < 1.29 is 0 Å². The van der Waals surface area contributed by atoms with E-state index in [0.29, 0.717) is 5.82 Å². The fraction of sp³-hybridized carbons (Fsp3) is 0.300. The summed E-state index contributed by atoms with van der Waals surface area (Å²) in [7, 11) is 0. The molecular formula is C10H12N4. The lowest BCUT2D eigenvalue weighted by atomic mass is 10.1. The molecule has 0 saturated carbocycles. The Morgan fingerprint density at radius 2 is 1.79 bits per heavy atom. The van der Waals surface area contributed by atoms with Gasteiger partial charge in [0.1, 0.15) is 11.3 Å². The van der Waals surface area contributed by atoms with Gasteiger partial charge in [0.2, 0.25) is 0 Å². The molecule has 2 N–H and O–H groups in total. The van der Waals surface area contributed by atoms with Crippen LogP contribution in [-0.4, -0.2) is 15.2 Å². The molecule has 0 amide bonds. The Hall–Kier alpha value is -1.71. The SMILES string of the molecule is Cc1cc2nc(N)c(C)c(C)c2nn1. The molecule has 0 radical (unpaired) electrons. The molecule has 0 aromatic carbocycles. The van der Waals surface area contributed by atoms with Crippen LogP contribution in [0.25, 0.3) is 11.0 Å². The minimum absolute atomic E-state index is 0.572. The molecule has 14 heavy (non-hydrogen) atoms. The Labute approximate surface area is 82.2 Å². The predicted molar refractivity (Wildman–Crippen MR) is 56.0 cm³/mol. The van der Waals surface area contributed by atoms with Gasteiger partial charge in [-0.25, -0.2) is 4.98 Å². The molecule has 0 atom stereocenters. The summed E-state index contributed by atoms with van der Waals surface area (Å²) >= 11 is 0. The first-order valence-corrected chi connectivity index (χ1v) is 4.46. The van der Waals surface area contributed by atoms with Crippen LogP contribution in [0.1, 0.15) is 16.8 Å². The molecule has 0 fully saturated rings. The molecule has 2 heterocycles. The van der Waals surface area contributed by atoms with E-state index in [1.807, 2.05) is 26.8 Å². The smallest absolute Gasteiger partial charge is 0.127 e. The van der Waals surface area contributed by atoms with Crippen molar-refractivity contribution in [3.05, 3.63) is 22.9 Å². The summed E-state index contributed by atoms with van der Waals surface area (Å²) in [5, 5.41) is 8.12. The zero-order chi connectivity index (χ0) is 10.3. The van der Waals surface area contributed by atoms with Crippen molar-refractivity contribution in [3.63, 3.8) is 0 Å². The molecule has 0 aliphatic carbocycles. The molecule has 2 aromatic rings. The molecule has 0 saturated heterocycles. The van der Waals surface area contributed by atoms with Crippen molar-refractivity contribution in [3.8, 4) is 0 Å². The number of hydrogen-bond donors (Lipinski definition) is 1. The first-order chi connectivity index (χ1) is 6.59. The Bertz CT molecular complexity index is 505. The quantitative estimate of drug-likeness (QED) is 0.681. The van der Waals surface area contributed by atoms with Gasteiger partial charge in [0.15, 0.2) is 0 Å². The number of hydrogen-bond acceptors (Lipinski definition) is 4. The topological polar surface area (TPSA) is 64.7 Å². The summed E-state index contributed by atoms with van der Waals surface area (Å²) in [6.07, 6.45) is 0. The van der Waals surface area contributed by atoms with Crippen LogP contribution in [0.15, 0.2) is 6.07 Å². The number of fused-ring (bicyclic) bond motifs is 1. The molecule has 4 heteroatoms. The maximum atomic E-state index is 5.78. The first-order valence-electron chi connectivity index (χ1n) is 4.46. The van der Waals surface area contributed by atoms with Gasteiger partial charge < -0.3 is 5.73 Å². The van der Waals surface area contributed by atoms with Gasteiger partial charge in [-0.05, 0) is 38.0 Å². The summed E-state index contributed by atoms with van der Waals surface area (Å²) < 4.78 is 0. The second-order valence-corrected chi connectivity index (χ2v) is 3.47. The second-order valence-electron chi connectivity index (χ2n) is 3.47. The van der Waals surface area contributed by atoms with Gasteiger partial charge in [-0.3, -0.25) is 0 Å². The van der Waals surface area contributed by atoms with Gasteiger partial charge in [-0.1, -0.05) is 0 Å². The highest BCUT2D eigenvalue weighted by molar-refractivity contribution is 5.81. The van der Waals surface area contributed by atoms with E-state index in [9.17, 15) is 0 Å². The molecule has 0 aliphatic heterocycles. The van der Waals surface area contributed by atoms with E-state index in [1.54, 1.807) is 0 Å². The highest BCUT2D eigenvalue weighted by Gasteiger charge is 2.07. The maximum Gasteiger partial charge on any atom is 0.127 e. The lowest BCUT2D eigenvalue weighted by molar-refractivity contribution is 1.01. The summed E-state index contributed by atoms with van der Waals surface area (Å²) in [5.74, 6) is 0.572. The number of nitrogens with two attached hydrogens (primary N) is 1. The summed E-state index contributed by atoms with van der Waals surface area (Å²) in [6.45, 7) is 5.82. The minimum atomic E-state index is 0.572. The first kappa shape index (κ1) is 8.87. The van der Waals surface area contributed by atoms with Crippen LogP contribution in [0.4, 0.5) is 5.82 Å². The molecule has 2 rings (SSSR count). The van der Waals surface area contributed by atoms with Gasteiger partial charge in [-0.15, -0.1) is 5.10 Å². The Kier molecular flexibility index (Phi) is 1.84.